The second-order valence-corrected chi connectivity index (χ2v) is 3.38. The van der Waals surface area contributed by atoms with Gasteiger partial charge in [0.1, 0.15) is 18.2 Å². The Morgan fingerprint density at radius 1 is 1.57 bits per heavy atom. The molecule has 76 valence electrons. The van der Waals surface area contributed by atoms with Crippen LogP contribution >= 0.6 is 11.6 Å². The molecule has 0 unspecified atom stereocenters. The lowest BCUT2D eigenvalue weighted by molar-refractivity contribution is 0.347. The lowest BCUT2D eigenvalue weighted by atomic mass is 10.2. The molecule has 0 aliphatic heterocycles. The molecular weight excluding hydrogens is 203 g/mol. The Morgan fingerprint density at radius 3 is 2.86 bits per heavy atom. The van der Waals surface area contributed by atoms with Crippen LogP contribution in [0.3, 0.4) is 0 Å². The number of rotatable bonds is 4. The monoisotopic (exact) mass is 214 g/mol. The van der Waals surface area contributed by atoms with Gasteiger partial charge < -0.3 is 4.74 Å². The van der Waals surface area contributed by atoms with Crippen LogP contribution in [0, 0.1) is 5.82 Å². The SMILES string of the molecule is C=C(CC)COc1ccc(Cl)c(F)c1. The van der Waals surface area contributed by atoms with Gasteiger partial charge in [0, 0.05) is 6.07 Å². The summed E-state index contributed by atoms with van der Waals surface area (Å²) in [7, 11) is 0. The van der Waals surface area contributed by atoms with Crippen molar-refractivity contribution in [2.45, 2.75) is 13.3 Å². The smallest absolute Gasteiger partial charge is 0.145 e. The van der Waals surface area contributed by atoms with Gasteiger partial charge in [0.05, 0.1) is 5.02 Å². The zero-order valence-corrected chi connectivity index (χ0v) is 8.77. The Morgan fingerprint density at radius 2 is 2.29 bits per heavy atom. The van der Waals surface area contributed by atoms with E-state index in [1.807, 2.05) is 6.92 Å². The maximum absolute atomic E-state index is 13.0. The van der Waals surface area contributed by atoms with Crippen LogP contribution in [0.1, 0.15) is 13.3 Å². The number of hydrogen-bond acceptors (Lipinski definition) is 1. The van der Waals surface area contributed by atoms with E-state index in [0.29, 0.717) is 12.4 Å². The van der Waals surface area contributed by atoms with E-state index in [1.54, 1.807) is 6.07 Å². The summed E-state index contributed by atoms with van der Waals surface area (Å²) in [5, 5.41) is 0.103. The highest BCUT2D eigenvalue weighted by Crippen LogP contribution is 2.20. The third kappa shape index (κ3) is 3.04. The van der Waals surface area contributed by atoms with E-state index < -0.39 is 5.82 Å². The average Bonchev–Trinajstić information content (AvgIpc) is 2.19. The Bertz CT molecular complexity index is 336. The van der Waals surface area contributed by atoms with Crippen LogP contribution in [0.15, 0.2) is 30.4 Å². The van der Waals surface area contributed by atoms with Crippen LogP contribution in [-0.2, 0) is 0 Å². The van der Waals surface area contributed by atoms with Gasteiger partial charge in [-0.15, -0.1) is 0 Å². The van der Waals surface area contributed by atoms with Crippen molar-refractivity contribution in [3.63, 3.8) is 0 Å². The van der Waals surface area contributed by atoms with Crippen LogP contribution < -0.4 is 4.74 Å². The molecular formula is C11H12ClFO. The van der Waals surface area contributed by atoms with Gasteiger partial charge in [0.15, 0.2) is 0 Å². The molecule has 0 atom stereocenters. The summed E-state index contributed by atoms with van der Waals surface area (Å²) in [6.07, 6.45) is 0.857. The summed E-state index contributed by atoms with van der Waals surface area (Å²) in [5.74, 6) is 0.00720. The molecule has 14 heavy (non-hydrogen) atoms. The first-order chi connectivity index (χ1) is 6.63. The summed E-state index contributed by atoms with van der Waals surface area (Å²) in [6, 6.07) is 4.38. The first kappa shape index (κ1) is 11.1. The van der Waals surface area contributed by atoms with Gasteiger partial charge in [-0.05, 0) is 24.1 Å². The molecule has 0 bridgehead atoms. The lowest BCUT2D eigenvalue weighted by Crippen LogP contribution is -1.99. The van der Waals surface area contributed by atoms with Crippen LogP contribution in [0.2, 0.25) is 5.02 Å². The highest BCUT2D eigenvalue weighted by molar-refractivity contribution is 6.30. The molecule has 3 heteroatoms. The quantitative estimate of drug-likeness (QED) is 0.693. The van der Waals surface area contributed by atoms with E-state index in [4.69, 9.17) is 16.3 Å². The molecule has 0 aliphatic carbocycles. The molecule has 0 spiro atoms. The van der Waals surface area contributed by atoms with Crippen LogP contribution in [-0.4, -0.2) is 6.61 Å². The van der Waals surface area contributed by atoms with Crippen molar-refractivity contribution in [1.82, 2.24) is 0 Å². The fraction of sp³-hybridized carbons (Fsp3) is 0.273. The van der Waals surface area contributed by atoms with Gasteiger partial charge in [-0.2, -0.15) is 0 Å². The van der Waals surface area contributed by atoms with E-state index in [0.717, 1.165) is 12.0 Å². The topological polar surface area (TPSA) is 9.23 Å². The normalized spacial score (nSPS) is 9.93. The van der Waals surface area contributed by atoms with Crippen LogP contribution in [0.5, 0.6) is 5.75 Å². The zero-order chi connectivity index (χ0) is 10.6. The van der Waals surface area contributed by atoms with Gasteiger partial charge in [-0.25, -0.2) is 4.39 Å². The molecule has 0 fully saturated rings. The second kappa shape index (κ2) is 5.01. The molecule has 0 heterocycles. The van der Waals surface area contributed by atoms with Crippen molar-refractivity contribution >= 4 is 11.6 Å². The summed E-state index contributed by atoms with van der Waals surface area (Å²) in [4.78, 5) is 0. The van der Waals surface area contributed by atoms with Gasteiger partial charge in [0.25, 0.3) is 0 Å². The second-order valence-electron chi connectivity index (χ2n) is 2.97. The molecule has 0 N–H and O–H groups in total. The molecule has 0 aromatic heterocycles. The molecule has 0 aliphatic rings. The predicted molar refractivity (Wildman–Crippen MR) is 56.3 cm³/mol. The number of ether oxygens (including phenoxy) is 1. The average molecular weight is 215 g/mol. The van der Waals surface area contributed by atoms with Gasteiger partial charge in [-0.1, -0.05) is 25.1 Å². The maximum atomic E-state index is 13.0. The number of benzene rings is 1. The lowest BCUT2D eigenvalue weighted by Gasteiger charge is -2.07. The third-order valence-corrected chi connectivity index (χ3v) is 2.14. The highest BCUT2D eigenvalue weighted by Gasteiger charge is 2.01. The molecule has 1 rings (SSSR count). The van der Waals surface area contributed by atoms with Crippen molar-refractivity contribution in [1.29, 1.82) is 0 Å². The minimum atomic E-state index is -0.466. The van der Waals surface area contributed by atoms with E-state index >= 15 is 0 Å². The summed E-state index contributed by atoms with van der Waals surface area (Å²) in [5.41, 5.74) is 0.973. The minimum Gasteiger partial charge on any atom is -0.489 e. The van der Waals surface area contributed by atoms with Crippen molar-refractivity contribution in [2.75, 3.05) is 6.61 Å². The molecule has 0 radical (unpaired) electrons. The molecule has 1 aromatic rings. The number of halogens is 2. The van der Waals surface area contributed by atoms with Gasteiger partial charge >= 0.3 is 0 Å². The standard InChI is InChI=1S/C11H12ClFO/c1-3-8(2)7-14-9-4-5-10(12)11(13)6-9/h4-6H,2-3,7H2,1H3. The molecule has 1 nitrogen and oxygen atoms in total. The van der Waals surface area contributed by atoms with E-state index in [9.17, 15) is 4.39 Å². The van der Waals surface area contributed by atoms with Crippen LogP contribution in [0.4, 0.5) is 4.39 Å². The van der Waals surface area contributed by atoms with E-state index in [-0.39, 0.29) is 5.02 Å². The summed E-state index contributed by atoms with van der Waals surface area (Å²) >= 11 is 5.52. The third-order valence-electron chi connectivity index (χ3n) is 1.83. The van der Waals surface area contributed by atoms with E-state index in [2.05, 4.69) is 6.58 Å². The Hall–Kier alpha value is -1.02. The Balaban J connectivity index is 2.60. The maximum Gasteiger partial charge on any atom is 0.145 e. The fourth-order valence-electron chi connectivity index (χ4n) is 0.854. The molecule has 0 amide bonds. The fourth-order valence-corrected chi connectivity index (χ4v) is 0.972. The molecule has 0 saturated heterocycles. The Labute approximate surface area is 88.1 Å². The number of hydrogen-bond donors (Lipinski definition) is 0. The Kier molecular flexibility index (Phi) is 3.96. The van der Waals surface area contributed by atoms with Gasteiger partial charge in [-0.3, -0.25) is 0 Å². The largest absolute Gasteiger partial charge is 0.489 e. The zero-order valence-electron chi connectivity index (χ0n) is 8.02. The van der Waals surface area contributed by atoms with Crippen molar-refractivity contribution in [3.8, 4) is 5.75 Å². The predicted octanol–water partition coefficient (Wildman–Crippen LogP) is 3.82. The van der Waals surface area contributed by atoms with Gasteiger partial charge in [0.2, 0.25) is 0 Å². The van der Waals surface area contributed by atoms with Crippen molar-refractivity contribution in [3.05, 3.63) is 41.2 Å². The molecule has 1 aromatic carbocycles. The first-order valence-electron chi connectivity index (χ1n) is 4.38. The summed E-state index contributed by atoms with van der Waals surface area (Å²) < 4.78 is 18.2. The summed E-state index contributed by atoms with van der Waals surface area (Å²) in [6.45, 7) is 6.19. The van der Waals surface area contributed by atoms with Crippen LogP contribution in [0.25, 0.3) is 0 Å². The van der Waals surface area contributed by atoms with E-state index in [1.165, 1.54) is 12.1 Å². The van der Waals surface area contributed by atoms with Crippen molar-refractivity contribution in [2.24, 2.45) is 0 Å². The minimum absolute atomic E-state index is 0.103. The molecule has 0 saturated carbocycles. The van der Waals surface area contributed by atoms with Crippen molar-refractivity contribution < 1.29 is 9.13 Å². The highest BCUT2D eigenvalue weighted by atomic mass is 35.5. The first-order valence-corrected chi connectivity index (χ1v) is 4.75.